The van der Waals surface area contributed by atoms with E-state index in [1.165, 1.54) is 37.6 Å². The Morgan fingerprint density at radius 2 is 1.73 bits per heavy atom. The third kappa shape index (κ3) is 4.71. The van der Waals surface area contributed by atoms with Gasteiger partial charge in [-0.1, -0.05) is 18.6 Å². The number of aromatic nitrogens is 1. The molecule has 6 heteroatoms. The number of nitrogens with zero attached hydrogens (tertiary/aromatic N) is 2. The van der Waals surface area contributed by atoms with E-state index in [9.17, 15) is 14.6 Å². The molecule has 4 rings (SSSR count). The topological polar surface area (TPSA) is 76.8 Å². The number of pyridine rings is 1. The van der Waals surface area contributed by atoms with Crippen molar-refractivity contribution < 1.29 is 19.7 Å². The van der Waals surface area contributed by atoms with Crippen LogP contribution in [0.4, 0.5) is 4.39 Å². The number of halogens is 1. The standard InChI is InChI=1S/C15H21NO2.C5H4FNO/c17-14-6-4-11(5-7-14)15(18)10-16-8-12-2-1-3-13(12)9-16;6-5-4(8)2-1-3-7-5/h4-7,12-13,15,17-18H,1-3,8-10H2;1-3,8H/t12-,13+,15?;. The average Bonchev–Trinajstić information content (AvgIpc) is 3.20. The Labute approximate surface area is 152 Å². The largest absolute Gasteiger partial charge is 0.508 e. The smallest absolute Gasteiger partial charge is 0.254 e. The Hall–Kier alpha value is -2.18. The number of hydrogen-bond acceptors (Lipinski definition) is 5. The van der Waals surface area contributed by atoms with Crippen molar-refractivity contribution in [3.05, 3.63) is 54.1 Å². The molecule has 3 atom stereocenters. The van der Waals surface area contributed by atoms with Crippen LogP contribution in [0.25, 0.3) is 0 Å². The quantitative estimate of drug-likeness (QED) is 0.734. The van der Waals surface area contributed by atoms with E-state index in [1.54, 1.807) is 24.3 Å². The van der Waals surface area contributed by atoms with Crippen LogP contribution in [0.3, 0.4) is 0 Å². The van der Waals surface area contributed by atoms with E-state index >= 15 is 0 Å². The molecule has 2 aromatic rings. The molecule has 26 heavy (non-hydrogen) atoms. The Balaban J connectivity index is 0.000000206. The molecule has 0 amide bonds. The molecule has 1 saturated carbocycles. The number of fused-ring (bicyclic) bond motifs is 1. The fourth-order valence-corrected chi connectivity index (χ4v) is 3.91. The molecule has 0 radical (unpaired) electrons. The number of rotatable bonds is 3. The third-order valence-corrected chi connectivity index (χ3v) is 5.25. The Kier molecular flexibility index (Phi) is 6.06. The van der Waals surface area contributed by atoms with Crippen LogP contribution < -0.4 is 0 Å². The molecule has 1 saturated heterocycles. The summed E-state index contributed by atoms with van der Waals surface area (Å²) in [5.41, 5.74) is 0.893. The number of aromatic hydroxyl groups is 2. The molecular formula is C20H25FN2O3. The number of benzene rings is 1. The molecule has 1 aliphatic heterocycles. The van der Waals surface area contributed by atoms with Gasteiger partial charge in [-0.25, -0.2) is 4.98 Å². The SMILES string of the molecule is Oc1ccc(C(O)CN2C[C@H]3CCC[C@H]3C2)cc1.Oc1cccnc1F. The number of hydrogen-bond donors (Lipinski definition) is 3. The van der Waals surface area contributed by atoms with Crippen LogP contribution in [-0.4, -0.2) is 44.8 Å². The summed E-state index contributed by atoms with van der Waals surface area (Å²) >= 11 is 0. The van der Waals surface area contributed by atoms with Gasteiger partial charge in [-0.3, -0.25) is 4.90 Å². The molecule has 140 valence electrons. The maximum atomic E-state index is 12.0. The minimum Gasteiger partial charge on any atom is -0.508 e. The first-order chi connectivity index (χ1) is 12.5. The van der Waals surface area contributed by atoms with Crippen LogP contribution >= 0.6 is 0 Å². The van der Waals surface area contributed by atoms with Crippen LogP contribution in [0.15, 0.2) is 42.6 Å². The van der Waals surface area contributed by atoms with Crippen molar-refractivity contribution in [2.45, 2.75) is 25.4 Å². The molecule has 1 aliphatic carbocycles. The summed E-state index contributed by atoms with van der Waals surface area (Å²) in [4.78, 5) is 5.56. The second-order valence-electron chi connectivity index (χ2n) is 7.09. The lowest BCUT2D eigenvalue weighted by atomic mass is 10.0. The summed E-state index contributed by atoms with van der Waals surface area (Å²) in [7, 11) is 0. The molecule has 1 unspecified atom stereocenters. The Morgan fingerprint density at radius 3 is 2.27 bits per heavy atom. The predicted octanol–water partition coefficient (Wildman–Crippen LogP) is 3.08. The number of phenolic OH excluding ortho intramolecular Hbond substituents is 1. The first-order valence-electron chi connectivity index (χ1n) is 9.01. The highest BCUT2D eigenvalue weighted by Gasteiger charge is 2.36. The molecule has 2 fully saturated rings. The molecule has 3 N–H and O–H groups in total. The fraction of sp³-hybridized carbons (Fsp3) is 0.450. The second-order valence-corrected chi connectivity index (χ2v) is 7.09. The molecule has 1 aromatic heterocycles. The van der Waals surface area contributed by atoms with Gasteiger partial charge < -0.3 is 15.3 Å². The monoisotopic (exact) mass is 360 g/mol. The van der Waals surface area contributed by atoms with E-state index in [-0.39, 0.29) is 5.75 Å². The van der Waals surface area contributed by atoms with Crippen LogP contribution in [0, 0.1) is 17.8 Å². The van der Waals surface area contributed by atoms with Crippen molar-refractivity contribution in [2.24, 2.45) is 11.8 Å². The first-order valence-corrected chi connectivity index (χ1v) is 9.01. The van der Waals surface area contributed by atoms with Crippen LogP contribution in [-0.2, 0) is 0 Å². The maximum absolute atomic E-state index is 12.0. The lowest BCUT2D eigenvalue weighted by Gasteiger charge is -2.21. The number of likely N-dealkylation sites (tertiary alicyclic amines) is 1. The molecule has 2 aliphatic rings. The molecular weight excluding hydrogens is 335 g/mol. The minimum absolute atomic E-state index is 0.252. The number of aliphatic hydroxyl groups is 1. The summed E-state index contributed by atoms with van der Waals surface area (Å²) in [6.07, 6.45) is 4.97. The van der Waals surface area contributed by atoms with E-state index in [0.29, 0.717) is 0 Å². The summed E-state index contributed by atoms with van der Waals surface area (Å²) in [5, 5.41) is 27.9. The van der Waals surface area contributed by atoms with Gasteiger partial charge in [0.15, 0.2) is 5.75 Å². The molecule has 0 bridgehead atoms. The van der Waals surface area contributed by atoms with Crippen molar-refractivity contribution in [1.29, 1.82) is 0 Å². The lowest BCUT2D eigenvalue weighted by molar-refractivity contribution is 0.122. The lowest BCUT2D eigenvalue weighted by Crippen LogP contribution is -2.27. The van der Waals surface area contributed by atoms with Crippen molar-refractivity contribution >= 4 is 0 Å². The maximum Gasteiger partial charge on any atom is 0.254 e. The molecule has 1 aromatic carbocycles. The highest BCUT2D eigenvalue weighted by atomic mass is 19.1. The van der Waals surface area contributed by atoms with Gasteiger partial charge in [0.05, 0.1) is 6.10 Å². The van der Waals surface area contributed by atoms with Gasteiger partial charge in [0, 0.05) is 25.8 Å². The van der Waals surface area contributed by atoms with E-state index in [2.05, 4.69) is 9.88 Å². The fourth-order valence-electron chi connectivity index (χ4n) is 3.91. The average molecular weight is 360 g/mol. The van der Waals surface area contributed by atoms with E-state index in [1.807, 2.05) is 0 Å². The van der Waals surface area contributed by atoms with Gasteiger partial charge >= 0.3 is 0 Å². The Bertz CT molecular complexity index is 677. The van der Waals surface area contributed by atoms with Gasteiger partial charge in [0.25, 0.3) is 5.95 Å². The highest BCUT2D eigenvalue weighted by Crippen LogP contribution is 2.38. The first kappa shape index (κ1) is 18.6. The molecule has 0 spiro atoms. The molecule has 2 heterocycles. The van der Waals surface area contributed by atoms with Crippen molar-refractivity contribution in [1.82, 2.24) is 9.88 Å². The van der Waals surface area contributed by atoms with Gasteiger partial charge in [-0.15, -0.1) is 0 Å². The zero-order chi connectivity index (χ0) is 18.5. The number of β-amino-alcohol motifs (C(OH)–C–C–N with tert-alkyl or cyclic N) is 1. The van der Waals surface area contributed by atoms with E-state index in [4.69, 9.17) is 5.11 Å². The summed E-state index contributed by atoms with van der Waals surface area (Å²) in [6, 6.07) is 9.57. The Morgan fingerprint density at radius 1 is 1.08 bits per heavy atom. The van der Waals surface area contributed by atoms with Gasteiger partial charge in [-0.2, -0.15) is 4.39 Å². The zero-order valence-electron chi connectivity index (χ0n) is 14.6. The predicted molar refractivity (Wildman–Crippen MR) is 96.2 cm³/mol. The number of phenols is 1. The van der Waals surface area contributed by atoms with Crippen LogP contribution in [0.2, 0.25) is 0 Å². The summed E-state index contributed by atoms with van der Waals surface area (Å²) in [6.45, 7) is 3.03. The third-order valence-electron chi connectivity index (χ3n) is 5.25. The van der Waals surface area contributed by atoms with E-state index in [0.717, 1.165) is 37.0 Å². The van der Waals surface area contributed by atoms with Crippen molar-refractivity contribution in [3.63, 3.8) is 0 Å². The van der Waals surface area contributed by atoms with Crippen molar-refractivity contribution in [2.75, 3.05) is 19.6 Å². The molecule has 5 nitrogen and oxygen atoms in total. The number of aliphatic hydroxyl groups excluding tert-OH is 1. The normalized spacial score (nSPS) is 23.2. The van der Waals surface area contributed by atoms with Crippen molar-refractivity contribution in [3.8, 4) is 11.5 Å². The van der Waals surface area contributed by atoms with Gasteiger partial charge in [0.2, 0.25) is 0 Å². The zero-order valence-corrected chi connectivity index (χ0v) is 14.6. The second kappa shape index (κ2) is 8.47. The summed E-state index contributed by atoms with van der Waals surface area (Å²) in [5.74, 6) is 0.760. The van der Waals surface area contributed by atoms with Crippen LogP contribution in [0.1, 0.15) is 30.9 Å². The van der Waals surface area contributed by atoms with Gasteiger partial charge in [0.1, 0.15) is 5.75 Å². The van der Waals surface area contributed by atoms with E-state index < -0.39 is 17.8 Å². The summed E-state index contributed by atoms with van der Waals surface area (Å²) < 4.78 is 12.0. The van der Waals surface area contributed by atoms with Gasteiger partial charge in [-0.05, 0) is 54.5 Å². The minimum atomic E-state index is -0.826. The highest BCUT2D eigenvalue weighted by molar-refractivity contribution is 5.27. The van der Waals surface area contributed by atoms with Crippen LogP contribution in [0.5, 0.6) is 11.5 Å².